The lowest BCUT2D eigenvalue weighted by Gasteiger charge is -2.21. The van der Waals surface area contributed by atoms with Crippen LogP contribution in [-0.4, -0.2) is 44.5 Å². The third kappa shape index (κ3) is 8.16. The Kier molecular flexibility index (Phi) is 9.09. The lowest BCUT2D eigenvalue weighted by atomic mass is 9.94. The van der Waals surface area contributed by atoms with Crippen molar-refractivity contribution in [1.29, 1.82) is 0 Å². The predicted octanol–water partition coefficient (Wildman–Crippen LogP) is 1.07. The maximum Gasteiger partial charge on any atom is 0.222 e. The molecule has 0 rings (SSSR count). The highest BCUT2D eigenvalue weighted by atomic mass is 16.2. The van der Waals surface area contributed by atoms with Gasteiger partial charge in [-0.3, -0.25) is 4.79 Å². The van der Waals surface area contributed by atoms with Crippen LogP contribution in [0.1, 0.15) is 33.1 Å². The van der Waals surface area contributed by atoms with Gasteiger partial charge in [0, 0.05) is 20.0 Å². The fourth-order valence-electron chi connectivity index (χ4n) is 1.95. The molecule has 0 spiro atoms. The van der Waals surface area contributed by atoms with Gasteiger partial charge in [0.1, 0.15) is 0 Å². The van der Waals surface area contributed by atoms with E-state index in [0.29, 0.717) is 24.8 Å². The van der Waals surface area contributed by atoms with E-state index in [2.05, 4.69) is 19.2 Å². The second-order valence-electron chi connectivity index (χ2n) is 5.21. The SMILES string of the molecule is CNCCCN(C)C(=O)C[C@@H](CN)CC(C)C. The van der Waals surface area contributed by atoms with Gasteiger partial charge in [0.15, 0.2) is 0 Å². The molecule has 0 radical (unpaired) electrons. The predicted molar refractivity (Wildman–Crippen MR) is 72.8 cm³/mol. The molecule has 0 heterocycles. The molecule has 102 valence electrons. The number of hydrogen-bond acceptors (Lipinski definition) is 3. The molecule has 4 heteroatoms. The smallest absolute Gasteiger partial charge is 0.222 e. The van der Waals surface area contributed by atoms with Crippen LogP contribution in [0.2, 0.25) is 0 Å². The molecule has 0 fully saturated rings. The second-order valence-corrected chi connectivity index (χ2v) is 5.21. The van der Waals surface area contributed by atoms with E-state index in [1.807, 2.05) is 19.0 Å². The number of hydrogen-bond donors (Lipinski definition) is 2. The molecule has 0 aliphatic carbocycles. The van der Waals surface area contributed by atoms with Crippen molar-refractivity contribution in [3.8, 4) is 0 Å². The highest BCUT2D eigenvalue weighted by Gasteiger charge is 2.16. The molecule has 3 N–H and O–H groups in total. The molecule has 4 nitrogen and oxygen atoms in total. The molecule has 0 bridgehead atoms. The van der Waals surface area contributed by atoms with Crippen molar-refractivity contribution in [3.05, 3.63) is 0 Å². The average molecular weight is 243 g/mol. The molecule has 0 aromatic carbocycles. The molecule has 1 atom stereocenters. The minimum atomic E-state index is 0.220. The van der Waals surface area contributed by atoms with Crippen LogP contribution < -0.4 is 11.1 Å². The number of nitrogens with two attached hydrogens (primary N) is 1. The third-order valence-corrected chi connectivity index (χ3v) is 2.95. The van der Waals surface area contributed by atoms with Crippen molar-refractivity contribution >= 4 is 5.91 Å². The summed E-state index contributed by atoms with van der Waals surface area (Å²) in [4.78, 5) is 13.8. The van der Waals surface area contributed by atoms with Gasteiger partial charge in [0.25, 0.3) is 0 Å². The van der Waals surface area contributed by atoms with Gasteiger partial charge in [-0.25, -0.2) is 0 Å². The Labute approximate surface area is 106 Å². The molecular weight excluding hydrogens is 214 g/mol. The summed E-state index contributed by atoms with van der Waals surface area (Å²) in [6.45, 7) is 6.71. The minimum Gasteiger partial charge on any atom is -0.346 e. The lowest BCUT2D eigenvalue weighted by Crippen LogP contribution is -2.32. The Morgan fingerprint density at radius 1 is 1.41 bits per heavy atom. The summed E-state index contributed by atoms with van der Waals surface area (Å²) in [6, 6.07) is 0. The van der Waals surface area contributed by atoms with Crippen molar-refractivity contribution in [2.45, 2.75) is 33.1 Å². The summed E-state index contributed by atoms with van der Waals surface area (Å²) in [5, 5.41) is 3.08. The van der Waals surface area contributed by atoms with Crippen molar-refractivity contribution in [2.75, 3.05) is 33.7 Å². The minimum absolute atomic E-state index is 0.220. The van der Waals surface area contributed by atoms with Crippen molar-refractivity contribution in [1.82, 2.24) is 10.2 Å². The van der Waals surface area contributed by atoms with Gasteiger partial charge in [-0.15, -0.1) is 0 Å². The molecule has 0 saturated heterocycles. The highest BCUT2D eigenvalue weighted by molar-refractivity contribution is 5.76. The van der Waals surface area contributed by atoms with Gasteiger partial charge in [-0.1, -0.05) is 13.8 Å². The Morgan fingerprint density at radius 3 is 2.53 bits per heavy atom. The van der Waals surface area contributed by atoms with E-state index in [1.165, 1.54) is 0 Å². The van der Waals surface area contributed by atoms with Gasteiger partial charge in [0.05, 0.1) is 0 Å². The van der Waals surface area contributed by atoms with Crippen LogP contribution in [0, 0.1) is 11.8 Å². The Morgan fingerprint density at radius 2 is 2.06 bits per heavy atom. The average Bonchev–Trinajstić information content (AvgIpc) is 2.27. The van der Waals surface area contributed by atoms with E-state index < -0.39 is 0 Å². The van der Waals surface area contributed by atoms with E-state index in [-0.39, 0.29) is 5.91 Å². The van der Waals surface area contributed by atoms with Gasteiger partial charge >= 0.3 is 0 Å². The van der Waals surface area contributed by atoms with Crippen molar-refractivity contribution < 1.29 is 4.79 Å². The number of rotatable bonds is 9. The van der Waals surface area contributed by atoms with E-state index >= 15 is 0 Å². The van der Waals surface area contributed by atoms with Crippen LogP contribution in [0.15, 0.2) is 0 Å². The summed E-state index contributed by atoms with van der Waals surface area (Å²) in [5.41, 5.74) is 5.71. The zero-order valence-corrected chi connectivity index (χ0v) is 11.8. The first-order valence-corrected chi connectivity index (χ1v) is 6.59. The van der Waals surface area contributed by atoms with Crippen LogP contribution in [0.3, 0.4) is 0 Å². The standard InChI is InChI=1S/C13H29N3O/c1-11(2)8-12(10-14)9-13(17)16(4)7-5-6-15-3/h11-12,15H,5-10,14H2,1-4H3/t12-/m0/s1. The van der Waals surface area contributed by atoms with Crippen molar-refractivity contribution in [2.24, 2.45) is 17.6 Å². The number of nitrogens with zero attached hydrogens (tertiary/aromatic N) is 1. The monoisotopic (exact) mass is 243 g/mol. The van der Waals surface area contributed by atoms with E-state index in [1.54, 1.807) is 0 Å². The molecule has 0 aliphatic rings. The van der Waals surface area contributed by atoms with Gasteiger partial charge in [-0.2, -0.15) is 0 Å². The van der Waals surface area contributed by atoms with Gasteiger partial charge in [0.2, 0.25) is 5.91 Å². The molecule has 0 aromatic heterocycles. The fourth-order valence-corrected chi connectivity index (χ4v) is 1.95. The van der Waals surface area contributed by atoms with Crippen LogP contribution in [0.25, 0.3) is 0 Å². The van der Waals surface area contributed by atoms with E-state index in [4.69, 9.17) is 5.73 Å². The Bertz CT molecular complexity index is 207. The summed E-state index contributed by atoms with van der Waals surface area (Å²) in [6.07, 6.45) is 2.62. The Hall–Kier alpha value is -0.610. The van der Waals surface area contributed by atoms with Crippen molar-refractivity contribution in [3.63, 3.8) is 0 Å². The number of amides is 1. The number of carbonyl (C=O) groups is 1. The highest BCUT2D eigenvalue weighted by Crippen LogP contribution is 2.15. The molecule has 0 saturated carbocycles. The quantitative estimate of drug-likeness (QED) is 0.596. The third-order valence-electron chi connectivity index (χ3n) is 2.95. The van der Waals surface area contributed by atoms with Crippen LogP contribution in [0.4, 0.5) is 0 Å². The maximum absolute atomic E-state index is 11.9. The molecule has 0 aliphatic heterocycles. The van der Waals surface area contributed by atoms with E-state index in [9.17, 15) is 4.79 Å². The van der Waals surface area contributed by atoms with Crippen LogP contribution in [-0.2, 0) is 4.79 Å². The summed E-state index contributed by atoms with van der Waals surface area (Å²) < 4.78 is 0. The molecule has 0 aromatic rings. The summed E-state index contributed by atoms with van der Waals surface area (Å²) >= 11 is 0. The second kappa shape index (κ2) is 9.42. The maximum atomic E-state index is 11.9. The molecule has 17 heavy (non-hydrogen) atoms. The van der Waals surface area contributed by atoms with E-state index in [0.717, 1.165) is 25.9 Å². The molecule has 1 amide bonds. The summed E-state index contributed by atoms with van der Waals surface area (Å²) in [5.74, 6) is 1.15. The topological polar surface area (TPSA) is 58.4 Å². The molecular formula is C13H29N3O. The largest absolute Gasteiger partial charge is 0.346 e. The van der Waals surface area contributed by atoms with Gasteiger partial charge in [-0.05, 0) is 44.8 Å². The van der Waals surface area contributed by atoms with Gasteiger partial charge < -0.3 is 16.0 Å². The lowest BCUT2D eigenvalue weighted by molar-refractivity contribution is -0.131. The zero-order chi connectivity index (χ0) is 13.3. The number of carbonyl (C=O) groups excluding carboxylic acids is 1. The summed E-state index contributed by atoms with van der Waals surface area (Å²) in [7, 11) is 3.80. The van der Waals surface area contributed by atoms with Crippen LogP contribution >= 0.6 is 0 Å². The fraction of sp³-hybridized carbons (Fsp3) is 0.923. The first-order chi connectivity index (χ1) is 8.01. The first kappa shape index (κ1) is 16.4. The zero-order valence-electron chi connectivity index (χ0n) is 11.8. The normalized spacial score (nSPS) is 12.8. The number of nitrogens with one attached hydrogen (secondary N) is 1. The Balaban J connectivity index is 3.94. The first-order valence-electron chi connectivity index (χ1n) is 6.59. The molecule has 0 unspecified atom stereocenters. The van der Waals surface area contributed by atoms with Crippen LogP contribution in [0.5, 0.6) is 0 Å².